The van der Waals surface area contributed by atoms with Crippen molar-refractivity contribution < 1.29 is 19.1 Å². The summed E-state index contributed by atoms with van der Waals surface area (Å²) in [7, 11) is 0. The number of carbonyl (C=O) groups excluding carboxylic acids is 2. The Morgan fingerprint density at radius 3 is 2.48 bits per heavy atom. The summed E-state index contributed by atoms with van der Waals surface area (Å²) < 4.78 is 10.3. The molecule has 1 amide bonds. The van der Waals surface area contributed by atoms with E-state index in [1.807, 2.05) is 4.90 Å². The van der Waals surface area contributed by atoms with Crippen LogP contribution in [0.2, 0.25) is 0 Å². The van der Waals surface area contributed by atoms with E-state index in [2.05, 4.69) is 11.8 Å². The van der Waals surface area contributed by atoms with Crippen LogP contribution in [0.4, 0.5) is 0 Å². The molecule has 1 rings (SSSR count). The number of amides is 1. The molecule has 0 unspecified atom stereocenters. The first kappa shape index (κ1) is 19.9. The van der Waals surface area contributed by atoms with Crippen LogP contribution in [-0.2, 0) is 19.1 Å². The van der Waals surface area contributed by atoms with Crippen LogP contribution in [0.25, 0.3) is 0 Å². The highest BCUT2D eigenvalue weighted by molar-refractivity contribution is 5.77. The molecule has 23 heavy (non-hydrogen) atoms. The van der Waals surface area contributed by atoms with E-state index in [0.717, 1.165) is 52.1 Å². The molecule has 0 aromatic carbocycles. The SMILES string of the molecule is CCCCC(=O)N(CCCN1CCOCC1)CCC(=O)OCC. The maximum absolute atomic E-state index is 12.3. The Morgan fingerprint density at radius 1 is 1.09 bits per heavy atom. The van der Waals surface area contributed by atoms with Gasteiger partial charge in [-0.05, 0) is 19.8 Å². The average molecular weight is 328 g/mol. The van der Waals surface area contributed by atoms with Gasteiger partial charge in [-0.1, -0.05) is 13.3 Å². The van der Waals surface area contributed by atoms with Crippen LogP contribution >= 0.6 is 0 Å². The number of hydrogen-bond donors (Lipinski definition) is 0. The van der Waals surface area contributed by atoms with E-state index >= 15 is 0 Å². The summed E-state index contributed by atoms with van der Waals surface area (Å²) in [5, 5.41) is 0. The monoisotopic (exact) mass is 328 g/mol. The molecule has 6 heteroatoms. The predicted octanol–water partition coefficient (Wildman–Crippen LogP) is 1.68. The first-order valence-corrected chi connectivity index (χ1v) is 8.90. The molecule has 1 saturated heterocycles. The summed E-state index contributed by atoms with van der Waals surface area (Å²) in [6.07, 6.45) is 3.68. The van der Waals surface area contributed by atoms with Crippen LogP contribution in [0.5, 0.6) is 0 Å². The van der Waals surface area contributed by atoms with Gasteiger partial charge in [0.15, 0.2) is 0 Å². The van der Waals surface area contributed by atoms with Crippen LogP contribution in [0, 0.1) is 0 Å². The molecule has 0 radical (unpaired) electrons. The van der Waals surface area contributed by atoms with Gasteiger partial charge in [0.2, 0.25) is 5.91 Å². The van der Waals surface area contributed by atoms with Crippen LogP contribution in [-0.4, -0.2) is 74.2 Å². The molecule has 0 aromatic rings. The molecule has 1 heterocycles. The Morgan fingerprint density at radius 2 is 1.83 bits per heavy atom. The number of ether oxygens (including phenoxy) is 2. The van der Waals surface area contributed by atoms with Gasteiger partial charge in [-0.2, -0.15) is 0 Å². The number of morpholine rings is 1. The number of esters is 1. The van der Waals surface area contributed by atoms with Gasteiger partial charge >= 0.3 is 5.97 Å². The van der Waals surface area contributed by atoms with Crippen molar-refractivity contribution in [1.82, 2.24) is 9.80 Å². The zero-order valence-electron chi connectivity index (χ0n) is 14.7. The minimum Gasteiger partial charge on any atom is -0.466 e. The third kappa shape index (κ3) is 8.91. The van der Waals surface area contributed by atoms with Gasteiger partial charge in [-0.15, -0.1) is 0 Å². The third-order valence-electron chi connectivity index (χ3n) is 3.99. The summed E-state index contributed by atoms with van der Waals surface area (Å²) in [6.45, 7) is 9.92. The lowest BCUT2D eigenvalue weighted by atomic mass is 10.2. The predicted molar refractivity (Wildman–Crippen MR) is 89.2 cm³/mol. The maximum Gasteiger partial charge on any atom is 0.307 e. The smallest absolute Gasteiger partial charge is 0.307 e. The van der Waals surface area contributed by atoms with Gasteiger partial charge < -0.3 is 14.4 Å². The topological polar surface area (TPSA) is 59.1 Å². The van der Waals surface area contributed by atoms with Crippen LogP contribution in [0.1, 0.15) is 46.0 Å². The second-order valence-electron chi connectivity index (χ2n) is 5.85. The largest absolute Gasteiger partial charge is 0.466 e. The lowest BCUT2D eigenvalue weighted by molar-refractivity contribution is -0.144. The number of carbonyl (C=O) groups is 2. The van der Waals surface area contributed by atoms with Crippen molar-refractivity contribution in [2.75, 3.05) is 52.5 Å². The highest BCUT2D eigenvalue weighted by Gasteiger charge is 2.16. The molecular formula is C17H32N2O4. The number of rotatable bonds is 11. The second kappa shape index (κ2) is 12.3. The van der Waals surface area contributed by atoms with E-state index in [1.165, 1.54) is 0 Å². The van der Waals surface area contributed by atoms with Crippen molar-refractivity contribution >= 4 is 11.9 Å². The van der Waals surface area contributed by atoms with Gasteiger partial charge in [0.25, 0.3) is 0 Å². The Bertz CT molecular complexity index is 343. The first-order chi connectivity index (χ1) is 11.2. The summed E-state index contributed by atoms with van der Waals surface area (Å²) in [5.74, 6) is -0.0768. The van der Waals surface area contributed by atoms with Gasteiger partial charge in [0.05, 0.1) is 26.2 Å². The van der Waals surface area contributed by atoms with Crippen molar-refractivity contribution in [3.05, 3.63) is 0 Å². The molecule has 0 aliphatic carbocycles. The molecule has 0 aromatic heterocycles. The standard InChI is InChI=1S/C17H32N2O4/c1-3-5-7-16(20)19(11-8-17(21)23-4-2)10-6-9-18-12-14-22-15-13-18/h3-15H2,1-2H3. The van der Waals surface area contributed by atoms with E-state index in [-0.39, 0.29) is 18.3 Å². The highest BCUT2D eigenvalue weighted by Crippen LogP contribution is 2.05. The third-order valence-corrected chi connectivity index (χ3v) is 3.99. The molecule has 0 atom stereocenters. The van der Waals surface area contributed by atoms with E-state index < -0.39 is 0 Å². The Kier molecular flexibility index (Phi) is 10.6. The molecule has 0 N–H and O–H groups in total. The Hall–Kier alpha value is -1.14. The maximum atomic E-state index is 12.3. The van der Waals surface area contributed by atoms with Crippen molar-refractivity contribution in [3.8, 4) is 0 Å². The van der Waals surface area contributed by atoms with Gasteiger partial charge in [-0.25, -0.2) is 0 Å². The van der Waals surface area contributed by atoms with Crippen LogP contribution < -0.4 is 0 Å². The molecule has 1 aliphatic rings. The minimum atomic E-state index is -0.228. The van der Waals surface area contributed by atoms with Crippen molar-refractivity contribution in [3.63, 3.8) is 0 Å². The first-order valence-electron chi connectivity index (χ1n) is 8.90. The lowest BCUT2D eigenvalue weighted by Gasteiger charge is -2.28. The Balaban J connectivity index is 2.35. The van der Waals surface area contributed by atoms with Gasteiger partial charge in [-0.3, -0.25) is 14.5 Å². The molecule has 0 saturated carbocycles. The molecule has 1 aliphatic heterocycles. The van der Waals surface area contributed by atoms with E-state index in [0.29, 0.717) is 26.1 Å². The molecular weight excluding hydrogens is 296 g/mol. The highest BCUT2D eigenvalue weighted by atomic mass is 16.5. The normalized spacial score (nSPS) is 15.4. The van der Waals surface area contributed by atoms with Gasteiger partial charge in [0.1, 0.15) is 0 Å². The Labute approximate surface area is 140 Å². The second-order valence-corrected chi connectivity index (χ2v) is 5.85. The molecule has 6 nitrogen and oxygen atoms in total. The molecule has 1 fully saturated rings. The quantitative estimate of drug-likeness (QED) is 0.540. The minimum absolute atomic E-state index is 0.151. The van der Waals surface area contributed by atoms with Crippen molar-refractivity contribution in [1.29, 1.82) is 0 Å². The average Bonchev–Trinajstić information content (AvgIpc) is 2.57. The summed E-state index contributed by atoms with van der Waals surface area (Å²) in [6, 6.07) is 0. The fourth-order valence-corrected chi connectivity index (χ4v) is 2.62. The molecule has 0 bridgehead atoms. The lowest BCUT2D eigenvalue weighted by Crippen LogP contribution is -2.39. The van der Waals surface area contributed by atoms with E-state index in [1.54, 1.807) is 6.92 Å². The van der Waals surface area contributed by atoms with Gasteiger partial charge in [0, 0.05) is 39.1 Å². The van der Waals surface area contributed by atoms with Crippen LogP contribution in [0.3, 0.4) is 0 Å². The zero-order chi connectivity index (χ0) is 16.9. The fourth-order valence-electron chi connectivity index (χ4n) is 2.62. The van der Waals surface area contributed by atoms with E-state index in [9.17, 15) is 9.59 Å². The number of nitrogens with zero attached hydrogens (tertiary/aromatic N) is 2. The summed E-state index contributed by atoms with van der Waals surface area (Å²) >= 11 is 0. The van der Waals surface area contributed by atoms with Crippen molar-refractivity contribution in [2.45, 2.75) is 46.0 Å². The summed E-state index contributed by atoms with van der Waals surface area (Å²) in [4.78, 5) is 28.0. The molecule has 0 spiro atoms. The zero-order valence-corrected chi connectivity index (χ0v) is 14.7. The van der Waals surface area contributed by atoms with Crippen molar-refractivity contribution in [2.24, 2.45) is 0 Å². The number of hydrogen-bond acceptors (Lipinski definition) is 5. The fraction of sp³-hybridized carbons (Fsp3) is 0.882. The molecule has 134 valence electrons. The summed E-state index contributed by atoms with van der Waals surface area (Å²) in [5.41, 5.74) is 0. The number of unbranched alkanes of at least 4 members (excludes halogenated alkanes) is 1. The van der Waals surface area contributed by atoms with E-state index in [4.69, 9.17) is 9.47 Å². The van der Waals surface area contributed by atoms with Crippen LogP contribution in [0.15, 0.2) is 0 Å².